The van der Waals surface area contributed by atoms with Crippen LogP contribution in [0.25, 0.3) is 0 Å². The molecule has 2 N–H and O–H groups in total. The number of halogens is 1. The zero-order chi connectivity index (χ0) is 24.2. The van der Waals surface area contributed by atoms with E-state index in [1.165, 1.54) is 6.92 Å². The molecular formula is C25H37ClN4O3. The molecule has 0 unspecified atom stereocenters. The van der Waals surface area contributed by atoms with E-state index in [1.807, 2.05) is 0 Å². The Morgan fingerprint density at radius 3 is 2.45 bits per heavy atom. The number of hydrogen-bond acceptors (Lipinski definition) is 4. The van der Waals surface area contributed by atoms with Crippen molar-refractivity contribution < 1.29 is 14.4 Å². The van der Waals surface area contributed by atoms with Crippen molar-refractivity contribution in [3.8, 4) is 0 Å². The molecule has 8 heteroatoms. The molecule has 3 amide bonds. The molecule has 2 fully saturated rings. The minimum absolute atomic E-state index is 0.120. The summed E-state index contributed by atoms with van der Waals surface area (Å²) in [6, 6.07) is 5.25. The van der Waals surface area contributed by atoms with Gasteiger partial charge < -0.3 is 15.5 Å². The highest BCUT2D eigenvalue weighted by Gasteiger charge is 2.45. The lowest BCUT2D eigenvalue weighted by Crippen LogP contribution is -2.50. The molecule has 182 valence electrons. The maximum Gasteiger partial charge on any atom is 0.238 e. The van der Waals surface area contributed by atoms with E-state index in [2.05, 4.69) is 41.2 Å². The lowest BCUT2D eigenvalue weighted by Gasteiger charge is -2.43. The van der Waals surface area contributed by atoms with E-state index in [1.54, 1.807) is 18.2 Å². The highest BCUT2D eigenvalue weighted by atomic mass is 35.5. The Morgan fingerprint density at radius 1 is 1.15 bits per heavy atom. The van der Waals surface area contributed by atoms with Gasteiger partial charge in [0.25, 0.3) is 0 Å². The van der Waals surface area contributed by atoms with Gasteiger partial charge in [-0.3, -0.25) is 19.3 Å². The standard InChI is InChI=1S/C25H37ClN4O3/c1-17(2)30-12-6-5-11-25(4,24(30)33)19-9-13-29(14-10-19)16-23(32)28-22-8-7-20(15-21(22)26)27-18(3)31/h7-8,15,17,19H,5-6,9-14,16H2,1-4H3,(H,27,31)(H,28,32)/t25-/m0/s1. The maximum atomic E-state index is 13.4. The Balaban J connectivity index is 1.54. The fourth-order valence-corrected chi connectivity index (χ4v) is 5.43. The topological polar surface area (TPSA) is 81.8 Å². The van der Waals surface area contributed by atoms with Gasteiger partial charge in [0.15, 0.2) is 0 Å². The molecule has 0 saturated carbocycles. The SMILES string of the molecule is CC(=O)Nc1ccc(NC(=O)CN2CCC([C@]3(C)CCCCN(C(C)C)C3=O)CC2)c(Cl)c1. The summed E-state index contributed by atoms with van der Waals surface area (Å²) < 4.78 is 0. The van der Waals surface area contributed by atoms with Gasteiger partial charge in [-0.05, 0) is 76.7 Å². The van der Waals surface area contributed by atoms with Gasteiger partial charge in [0.1, 0.15) is 0 Å². The van der Waals surface area contributed by atoms with Crippen LogP contribution in [-0.2, 0) is 14.4 Å². The van der Waals surface area contributed by atoms with Crippen LogP contribution in [0.3, 0.4) is 0 Å². The Labute approximate surface area is 202 Å². The van der Waals surface area contributed by atoms with E-state index < -0.39 is 0 Å². The molecular weight excluding hydrogens is 440 g/mol. The summed E-state index contributed by atoms with van der Waals surface area (Å²) in [5.74, 6) is 0.357. The van der Waals surface area contributed by atoms with Crippen LogP contribution in [0.2, 0.25) is 5.02 Å². The van der Waals surface area contributed by atoms with Crippen molar-refractivity contribution in [2.45, 2.75) is 65.8 Å². The van der Waals surface area contributed by atoms with Gasteiger partial charge in [-0.1, -0.05) is 24.9 Å². The van der Waals surface area contributed by atoms with E-state index in [0.717, 1.165) is 51.7 Å². The van der Waals surface area contributed by atoms with Gasteiger partial charge in [0.2, 0.25) is 17.7 Å². The lowest BCUT2D eigenvalue weighted by atomic mass is 9.69. The van der Waals surface area contributed by atoms with Crippen LogP contribution in [-0.4, -0.2) is 59.7 Å². The van der Waals surface area contributed by atoms with Crippen LogP contribution in [0.1, 0.15) is 59.8 Å². The van der Waals surface area contributed by atoms with Crippen molar-refractivity contribution in [1.29, 1.82) is 0 Å². The second-order valence-corrected chi connectivity index (χ2v) is 10.3. The Kier molecular flexibility index (Phi) is 8.40. The fraction of sp³-hybridized carbons (Fsp3) is 0.640. The fourth-order valence-electron chi connectivity index (χ4n) is 5.20. The summed E-state index contributed by atoms with van der Waals surface area (Å²) in [4.78, 5) is 41.4. The molecule has 0 spiro atoms. The molecule has 0 bridgehead atoms. The predicted octanol–water partition coefficient (Wildman–Crippen LogP) is 4.38. The van der Waals surface area contributed by atoms with Crippen molar-refractivity contribution in [3.63, 3.8) is 0 Å². The van der Waals surface area contributed by atoms with Crippen LogP contribution in [0.5, 0.6) is 0 Å². The molecule has 1 aromatic rings. The molecule has 2 saturated heterocycles. The van der Waals surface area contributed by atoms with Gasteiger partial charge in [-0.15, -0.1) is 0 Å². The molecule has 0 radical (unpaired) electrons. The van der Waals surface area contributed by atoms with E-state index in [4.69, 9.17) is 11.6 Å². The van der Waals surface area contributed by atoms with Crippen LogP contribution >= 0.6 is 11.6 Å². The van der Waals surface area contributed by atoms with Gasteiger partial charge >= 0.3 is 0 Å². The van der Waals surface area contributed by atoms with E-state index in [-0.39, 0.29) is 23.3 Å². The first-order valence-corrected chi connectivity index (χ1v) is 12.4. The van der Waals surface area contributed by atoms with Crippen LogP contribution in [0, 0.1) is 11.3 Å². The quantitative estimate of drug-likeness (QED) is 0.638. The number of piperidine rings is 1. The lowest BCUT2D eigenvalue weighted by molar-refractivity contribution is -0.147. The Morgan fingerprint density at radius 2 is 1.85 bits per heavy atom. The zero-order valence-corrected chi connectivity index (χ0v) is 21.0. The number of nitrogens with zero attached hydrogens (tertiary/aromatic N) is 2. The molecule has 2 aliphatic rings. The number of nitrogens with one attached hydrogen (secondary N) is 2. The van der Waals surface area contributed by atoms with Crippen molar-refractivity contribution in [1.82, 2.24) is 9.80 Å². The minimum atomic E-state index is -0.307. The number of hydrogen-bond donors (Lipinski definition) is 2. The first-order valence-electron chi connectivity index (χ1n) is 12.0. The van der Waals surface area contributed by atoms with Crippen molar-refractivity contribution in [2.24, 2.45) is 11.3 Å². The molecule has 33 heavy (non-hydrogen) atoms. The normalized spacial score (nSPS) is 22.8. The van der Waals surface area contributed by atoms with Crippen LogP contribution < -0.4 is 10.6 Å². The zero-order valence-electron chi connectivity index (χ0n) is 20.2. The number of likely N-dealkylation sites (tertiary alicyclic amines) is 2. The van der Waals surface area contributed by atoms with Crippen LogP contribution in [0.15, 0.2) is 18.2 Å². The largest absolute Gasteiger partial charge is 0.340 e. The number of carbonyl (C=O) groups is 3. The van der Waals surface area contributed by atoms with Crippen molar-refractivity contribution in [2.75, 3.05) is 36.8 Å². The third-order valence-corrected chi connectivity index (χ3v) is 7.45. The highest BCUT2D eigenvalue weighted by molar-refractivity contribution is 6.34. The van der Waals surface area contributed by atoms with E-state index >= 15 is 0 Å². The summed E-state index contributed by atoms with van der Waals surface area (Å²) >= 11 is 6.27. The van der Waals surface area contributed by atoms with Gasteiger partial charge in [-0.2, -0.15) is 0 Å². The molecule has 7 nitrogen and oxygen atoms in total. The third-order valence-electron chi connectivity index (χ3n) is 7.14. The molecule has 2 heterocycles. The molecule has 2 aliphatic heterocycles. The van der Waals surface area contributed by atoms with Crippen molar-refractivity contribution >= 4 is 40.7 Å². The summed E-state index contributed by atoms with van der Waals surface area (Å²) in [7, 11) is 0. The van der Waals surface area contributed by atoms with Crippen molar-refractivity contribution in [3.05, 3.63) is 23.2 Å². The number of anilines is 2. The number of rotatable bonds is 6. The first kappa shape index (κ1) is 25.5. The molecule has 0 aliphatic carbocycles. The Bertz CT molecular complexity index is 882. The summed E-state index contributed by atoms with van der Waals surface area (Å²) in [5.41, 5.74) is 0.805. The number of amides is 3. The summed E-state index contributed by atoms with van der Waals surface area (Å²) in [6.07, 6.45) is 4.97. The second kappa shape index (κ2) is 10.9. The summed E-state index contributed by atoms with van der Waals surface area (Å²) in [5, 5.41) is 5.92. The molecule has 3 rings (SSSR count). The summed E-state index contributed by atoms with van der Waals surface area (Å²) in [6.45, 7) is 10.6. The maximum absolute atomic E-state index is 13.4. The minimum Gasteiger partial charge on any atom is -0.340 e. The monoisotopic (exact) mass is 476 g/mol. The second-order valence-electron chi connectivity index (χ2n) is 9.94. The Hall–Kier alpha value is -2.12. The van der Waals surface area contributed by atoms with Gasteiger partial charge in [0.05, 0.1) is 17.3 Å². The van der Waals surface area contributed by atoms with Gasteiger partial charge in [-0.25, -0.2) is 0 Å². The average Bonchev–Trinajstić information content (AvgIpc) is 2.89. The van der Waals surface area contributed by atoms with E-state index in [9.17, 15) is 14.4 Å². The smallest absolute Gasteiger partial charge is 0.238 e. The molecule has 1 atom stereocenters. The third kappa shape index (κ3) is 6.27. The molecule has 1 aromatic carbocycles. The molecule has 0 aromatic heterocycles. The number of carbonyl (C=O) groups excluding carboxylic acids is 3. The van der Waals surface area contributed by atoms with E-state index in [0.29, 0.717) is 34.8 Å². The van der Waals surface area contributed by atoms with Crippen LogP contribution in [0.4, 0.5) is 11.4 Å². The highest BCUT2D eigenvalue weighted by Crippen LogP contribution is 2.43. The van der Waals surface area contributed by atoms with Gasteiger partial charge in [0, 0.05) is 30.6 Å². The average molecular weight is 477 g/mol. The predicted molar refractivity (Wildman–Crippen MR) is 132 cm³/mol. The number of benzene rings is 1. The first-order chi connectivity index (χ1) is 15.6.